The van der Waals surface area contributed by atoms with E-state index >= 15 is 0 Å². The maximum atomic E-state index is 11.9. The van der Waals surface area contributed by atoms with Gasteiger partial charge in [0.25, 0.3) is 5.91 Å². The van der Waals surface area contributed by atoms with Crippen molar-refractivity contribution >= 4 is 5.91 Å². The number of benzene rings is 1. The van der Waals surface area contributed by atoms with Crippen LogP contribution in [0.4, 0.5) is 0 Å². The van der Waals surface area contributed by atoms with Crippen LogP contribution < -0.4 is 5.32 Å². The molecular formula is C13H16N2O2. The van der Waals surface area contributed by atoms with Crippen LogP contribution >= 0.6 is 0 Å². The van der Waals surface area contributed by atoms with Crippen LogP contribution in [0.1, 0.15) is 35.7 Å². The number of phenolic OH excluding ortho intramolecular Hbond substituents is 1. The van der Waals surface area contributed by atoms with Crippen molar-refractivity contribution in [1.82, 2.24) is 5.32 Å². The number of carbonyl (C=O) groups is 1. The lowest BCUT2D eigenvalue weighted by Crippen LogP contribution is -2.34. The predicted octanol–water partition coefficient (Wildman–Crippen LogP) is 2.12. The first-order valence-electron chi connectivity index (χ1n) is 5.56. The molecule has 0 aliphatic carbocycles. The van der Waals surface area contributed by atoms with Gasteiger partial charge in [0, 0.05) is 11.6 Å². The van der Waals surface area contributed by atoms with Gasteiger partial charge in [-0.25, -0.2) is 0 Å². The second-order valence-electron chi connectivity index (χ2n) is 3.94. The van der Waals surface area contributed by atoms with Crippen LogP contribution in [0.15, 0.2) is 18.2 Å². The molecule has 0 fully saturated rings. The molecule has 0 bridgehead atoms. The zero-order valence-electron chi connectivity index (χ0n) is 10.0. The number of carbonyl (C=O) groups excluding carboxylic acids is 1. The molecule has 0 heterocycles. The molecule has 1 aromatic carbocycles. The minimum absolute atomic E-state index is 0.124. The summed E-state index contributed by atoms with van der Waals surface area (Å²) in [5.74, 6) is -0.0623. The molecule has 1 amide bonds. The van der Waals surface area contributed by atoms with Crippen molar-refractivity contribution in [3.63, 3.8) is 0 Å². The molecule has 0 saturated carbocycles. The van der Waals surface area contributed by atoms with Crippen LogP contribution in [-0.2, 0) is 0 Å². The minimum Gasteiger partial charge on any atom is -0.508 e. The average Bonchev–Trinajstić information content (AvgIpc) is 2.28. The summed E-state index contributed by atoms with van der Waals surface area (Å²) in [7, 11) is 0. The number of hydrogen-bond acceptors (Lipinski definition) is 3. The first-order chi connectivity index (χ1) is 8.08. The van der Waals surface area contributed by atoms with Crippen molar-refractivity contribution < 1.29 is 9.90 Å². The molecule has 0 aliphatic heterocycles. The highest BCUT2D eigenvalue weighted by Crippen LogP contribution is 2.15. The van der Waals surface area contributed by atoms with Crippen LogP contribution in [0.25, 0.3) is 0 Å². The number of amides is 1. The Bertz CT molecular complexity index is 449. The van der Waals surface area contributed by atoms with Crippen molar-refractivity contribution in [1.29, 1.82) is 5.26 Å². The van der Waals surface area contributed by atoms with E-state index in [9.17, 15) is 9.90 Å². The van der Waals surface area contributed by atoms with Crippen molar-refractivity contribution in [2.45, 2.75) is 32.7 Å². The lowest BCUT2D eigenvalue weighted by atomic mass is 10.1. The zero-order chi connectivity index (χ0) is 12.8. The average molecular weight is 232 g/mol. The zero-order valence-corrected chi connectivity index (χ0v) is 10.0. The molecule has 1 unspecified atom stereocenters. The highest BCUT2D eigenvalue weighted by atomic mass is 16.3. The third-order valence-electron chi connectivity index (χ3n) is 2.62. The Balaban J connectivity index is 2.79. The normalized spacial score (nSPS) is 11.6. The molecule has 1 rings (SSSR count). The van der Waals surface area contributed by atoms with Gasteiger partial charge >= 0.3 is 0 Å². The summed E-state index contributed by atoms with van der Waals surface area (Å²) in [6.45, 7) is 3.69. The van der Waals surface area contributed by atoms with Gasteiger partial charge < -0.3 is 10.4 Å². The van der Waals surface area contributed by atoms with E-state index in [4.69, 9.17) is 5.26 Å². The topological polar surface area (TPSA) is 73.1 Å². The van der Waals surface area contributed by atoms with Gasteiger partial charge in [-0.05, 0) is 37.1 Å². The summed E-state index contributed by atoms with van der Waals surface area (Å²) < 4.78 is 0. The van der Waals surface area contributed by atoms with Gasteiger partial charge in [-0.1, -0.05) is 6.92 Å². The molecule has 0 radical (unpaired) electrons. The first kappa shape index (κ1) is 13.0. The third kappa shape index (κ3) is 3.49. The predicted molar refractivity (Wildman–Crippen MR) is 64.6 cm³/mol. The van der Waals surface area contributed by atoms with E-state index in [2.05, 4.69) is 5.32 Å². The fraction of sp³-hybridized carbons (Fsp3) is 0.385. The van der Waals surface area contributed by atoms with Crippen LogP contribution in [0.5, 0.6) is 5.75 Å². The number of phenols is 1. The number of rotatable bonds is 4. The summed E-state index contributed by atoms with van der Waals surface area (Å²) in [6, 6.07) is 6.52. The molecule has 90 valence electrons. The summed E-state index contributed by atoms with van der Waals surface area (Å²) in [6.07, 6.45) is 1.02. The van der Waals surface area contributed by atoms with E-state index in [-0.39, 0.29) is 17.7 Å². The van der Waals surface area contributed by atoms with Gasteiger partial charge in [-0.2, -0.15) is 5.26 Å². The Morgan fingerprint density at radius 2 is 2.29 bits per heavy atom. The molecule has 0 saturated heterocycles. The van der Waals surface area contributed by atoms with E-state index in [0.717, 1.165) is 6.42 Å². The quantitative estimate of drug-likeness (QED) is 0.835. The van der Waals surface area contributed by atoms with E-state index in [1.54, 1.807) is 19.1 Å². The van der Waals surface area contributed by atoms with Gasteiger partial charge in [-0.15, -0.1) is 0 Å². The van der Waals surface area contributed by atoms with Crippen molar-refractivity contribution in [3.05, 3.63) is 29.3 Å². The summed E-state index contributed by atoms with van der Waals surface area (Å²) in [5, 5.41) is 20.7. The third-order valence-corrected chi connectivity index (χ3v) is 2.62. The molecule has 0 aliphatic rings. The number of nitrogens with zero attached hydrogens (tertiary/aromatic N) is 1. The standard InChI is InChI=1S/C13H16N2O2/c1-3-10(6-7-14)15-13(17)12-5-4-11(16)8-9(12)2/h4-5,8,10,16H,3,6H2,1-2H3,(H,15,17). The lowest BCUT2D eigenvalue weighted by molar-refractivity contribution is 0.0936. The Kier molecular flexibility index (Phi) is 4.53. The summed E-state index contributed by atoms with van der Waals surface area (Å²) in [5.41, 5.74) is 1.24. The number of aryl methyl sites for hydroxylation is 1. The maximum absolute atomic E-state index is 11.9. The van der Waals surface area contributed by atoms with E-state index in [1.807, 2.05) is 13.0 Å². The molecule has 2 N–H and O–H groups in total. The largest absolute Gasteiger partial charge is 0.508 e. The number of nitrogens with one attached hydrogen (secondary N) is 1. The summed E-state index contributed by atoms with van der Waals surface area (Å²) >= 11 is 0. The van der Waals surface area contributed by atoms with Gasteiger partial charge in [0.2, 0.25) is 0 Å². The SMILES string of the molecule is CCC(CC#N)NC(=O)c1ccc(O)cc1C. The Morgan fingerprint density at radius 1 is 1.59 bits per heavy atom. The van der Waals surface area contributed by atoms with E-state index in [1.165, 1.54) is 6.07 Å². The Morgan fingerprint density at radius 3 is 2.82 bits per heavy atom. The smallest absolute Gasteiger partial charge is 0.251 e. The molecule has 1 aromatic rings. The fourth-order valence-corrected chi connectivity index (χ4v) is 1.57. The molecular weight excluding hydrogens is 216 g/mol. The molecule has 1 atom stereocenters. The second kappa shape index (κ2) is 5.90. The van der Waals surface area contributed by atoms with Gasteiger partial charge in [-0.3, -0.25) is 4.79 Å². The highest BCUT2D eigenvalue weighted by Gasteiger charge is 2.13. The second-order valence-corrected chi connectivity index (χ2v) is 3.94. The van der Waals surface area contributed by atoms with Gasteiger partial charge in [0.15, 0.2) is 0 Å². The van der Waals surface area contributed by atoms with Crippen LogP contribution in [0.3, 0.4) is 0 Å². The summed E-state index contributed by atoms with van der Waals surface area (Å²) in [4.78, 5) is 11.9. The van der Waals surface area contributed by atoms with Crippen LogP contribution in [-0.4, -0.2) is 17.1 Å². The van der Waals surface area contributed by atoms with Crippen LogP contribution in [0, 0.1) is 18.3 Å². The number of aromatic hydroxyl groups is 1. The van der Waals surface area contributed by atoms with Crippen molar-refractivity contribution in [2.24, 2.45) is 0 Å². The van der Waals surface area contributed by atoms with E-state index < -0.39 is 0 Å². The number of hydrogen-bond donors (Lipinski definition) is 2. The van der Waals surface area contributed by atoms with Gasteiger partial charge in [0.1, 0.15) is 5.75 Å². The Labute approximate surface area is 101 Å². The molecule has 4 heteroatoms. The molecule has 0 spiro atoms. The number of nitriles is 1. The van der Waals surface area contributed by atoms with Gasteiger partial charge in [0.05, 0.1) is 12.5 Å². The molecule has 4 nitrogen and oxygen atoms in total. The molecule has 0 aromatic heterocycles. The maximum Gasteiger partial charge on any atom is 0.251 e. The van der Waals surface area contributed by atoms with E-state index in [0.29, 0.717) is 17.5 Å². The Hall–Kier alpha value is -2.02. The highest BCUT2D eigenvalue weighted by molar-refractivity contribution is 5.95. The minimum atomic E-state index is -0.204. The fourth-order valence-electron chi connectivity index (χ4n) is 1.57. The van der Waals surface area contributed by atoms with Crippen molar-refractivity contribution in [2.75, 3.05) is 0 Å². The van der Waals surface area contributed by atoms with Crippen LogP contribution in [0.2, 0.25) is 0 Å². The first-order valence-corrected chi connectivity index (χ1v) is 5.56. The lowest BCUT2D eigenvalue weighted by Gasteiger charge is -2.14. The van der Waals surface area contributed by atoms with Crippen molar-refractivity contribution in [3.8, 4) is 11.8 Å². The molecule has 17 heavy (non-hydrogen) atoms. The monoisotopic (exact) mass is 232 g/mol.